The van der Waals surface area contributed by atoms with E-state index < -0.39 is 7.60 Å². The molecule has 0 aromatic heterocycles. The zero-order valence-electron chi connectivity index (χ0n) is 5.70. The van der Waals surface area contributed by atoms with Crippen LogP contribution in [0.15, 0.2) is 0 Å². The van der Waals surface area contributed by atoms with E-state index in [9.17, 15) is 4.57 Å². The van der Waals surface area contributed by atoms with E-state index in [4.69, 9.17) is 4.89 Å². The molecule has 0 radical (unpaired) electrons. The van der Waals surface area contributed by atoms with Gasteiger partial charge in [0.2, 0.25) is 0 Å². The normalized spacial score (nSPS) is 16.6. The van der Waals surface area contributed by atoms with Crippen molar-refractivity contribution in [1.29, 1.82) is 0 Å². The molecular formula is C4H11CrO3P. The van der Waals surface area contributed by atoms with Gasteiger partial charge in [-0.25, -0.2) is 0 Å². The van der Waals surface area contributed by atoms with Gasteiger partial charge in [0, 0.05) is 24.0 Å². The minimum Gasteiger partial charge on any atom is -0.324 e. The summed E-state index contributed by atoms with van der Waals surface area (Å²) in [5.74, 6) is 0. The average Bonchev–Trinajstić information content (AvgIpc) is 1.21. The average molecular weight is 190 g/mol. The number of hydrogen-bond acceptors (Lipinski definition) is 2. The fourth-order valence-corrected chi connectivity index (χ4v) is 1.17. The van der Waals surface area contributed by atoms with E-state index in [-0.39, 0.29) is 23.5 Å². The molecule has 0 aliphatic carbocycles. The van der Waals surface area contributed by atoms with Crippen molar-refractivity contribution in [3.63, 3.8) is 0 Å². The van der Waals surface area contributed by atoms with Crippen LogP contribution in [0.3, 0.4) is 0 Å². The molecule has 0 aliphatic rings. The largest absolute Gasteiger partial charge is 0.325 e. The molecule has 0 fully saturated rings. The third-order valence-corrected chi connectivity index (χ3v) is 1.22. The van der Waals surface area contributed by atoms with Gasteiger partial charge in [-0.2, -0.15) is 0 Å². The fraction of sp³-hybridized carbons (Fsp3) is 1.00. The molecule has 0 aliphatic heterocycles. The first-order valence-corrected chi connectivity index (χ1v) is 4.43. The van der Waals surface area contributed by atoms with Crippen LogP contribution in [-0.4, -0.2) is 17.7 Å². The third-order valence-electron chi connectivity index (χ3n) is 0.406. The van der Waals surface area contributed by atoms with Crippen molar-refractivity contribution in [2.24, 2.45) is 0 Å². The van der Waals surface area contributed by atoms with Gasteiger partial charge in [-0.3, -0.25) is 4.57 Å². The van der Waals surface area contributed by atoms with Crippen molar-refractivity contribution < 1.29 is 31.3 Å². The minimum absolute atomic E-state index is 0. The number of rotatable bonds is 2. The molecule has 0 aromatic carbocycles. The van der Waals surface area contributed by atoms with Gasteiger partial charge in [-0.1, -0.05) is 0 Å². The molecule has 0 heterocycles. The molecule has 0 amide bonds. The van der Waals surface area contributed by atoms with E-state index >= 15 is 0 Å². The zero-order valence-corrected chi connectivity index (χ0v) is 7.87. The van der Waals surface area contributed by atoms with E-state index in [1.165, 1.54) is 6.66 Å². The Hall–Kier alpha value is 0.682. The van der Waals surface area contributed by atoms with Crippen LogP contribution in [0.2, 0.25) is 0 Å². The molecule has 0 bridgehead atoms. The second-order valence-electron chi connectivity index (χ2n) is 1.96. The molecule has 0 rings (SSSR count). The maximum atomic E-state index is 10.4. The topological polar surface area (TPSA) is 46.5 Å². The molecule has 5 heteroatoms. The Morgan fingerprint density at radius 2 is 1.89 bits per heavy atom. The Kier molecular flexibility index (Phi) is 6.17. The Bertz CT molecular complexity index is 108. The Balaban J connectivity index is 0. The summed E-state index contributed by atoms with van der Waals surface area (Å²) >= 11 is 0. The standard InChI is InChI=1S/C4H11O3P.Cr/c1-4(2)7-8(3,5)6;/h4H,1-3H3,(H,5,6);. The van der Waals surface area contributed by atoms with Crippen LogP contribution in [0.4, 0.5) is 0 Å². The van der Waals surface area contributed by atoms with Gasteiger partial charge < -0.3 is 9.42 Å². The van der Waals surface area contributed by atoms with Crippen LogP contribution in [0.5, 0.6) is 0 Å². The predicted octanol–water partition coefficient (Wildman–Crippen LogP) is 1.22. The van der Waals surface area contributed by atoms with E-state index in [0.29, 0.717) is 0 Å². The molecule has 0 saturated carbocycles. The van der Waals surface area contributed by atoms with E-state index in [0.717, 1.165) is 0 Å². The van der Waals surface area contributed by atoms with Gasteiger partial charge in [0.25, 0.3) is 0 Å². The van der Waals surface area contributed by atoms with Crippen molar-refractivity contribution in [2.75, 3.05) is 6.66 Å². The summed E-state index contributed by atoms with van der Waals surface area (Å²) < 4.78 is 14.9. The summed E-state index contributed by atoms with van der Waals surface area (Å²) in [7, 11) is -3.22. The molecule has 3 nitrogen and oxygen atoms in total. The minimum atomic E-state index is -3.22. The van der Waals surface area contributed by atoms with Crippen molar-refractivity contribution in [3.8, 4) is 0 Å². The molecular weight excluding hydrogens is 179 g/mol. The Morgan fingerprint density at radius 1 is 1.56 bits per heavy atom. The zero-order chi connectivity index (χ0) is 6.78. The van der Waals surface area contributed by atoms with Crippen LogP contribution < -0.4 is 0 Å². The number of hydrogen-bond donors (Lipinski definition) is 1. The van der Waals surface area contributed by atoms with Gasteiger partial charge in [-0.05, 0) is 13.8 Å². The smallest absolute Gasteiger partial charge is 0.324 e. The second-order valence-corrected chi connectivity index (χ2v) is 3.77. The molecule has 0 saturated heterocycles. The summed E-state index contributed by atoms with van der Waals surface area (Å²) in [6, 6.07) is 0. The Morgan fingerprint density at radius 3 is 1.89 bits per heavy atom. The first-order valence-electron chi connectivity index (χ1n) is 2.40. The van der Waals surface area contributed by atoms with Gasteiger partial charge in [0.1, 0.15) is 0 Å². The molecule has 1 N–H and O–H groups in total. The van der Waals surface area contributed by atoms with Crippen LogP contribution in [-0.2, 0) is 26.4 Å². The van der Waals surface area contributed by atoms with Crippen LogP contribution in [0.1, 0.15) is 13.8 Å². The summed E-state index contributed by atoms with van der Waals surface area (Å²) in [6.45, 7) is 4.60. The molecule has 1 unspecified atom stereocenters. The van der Waals surface area contributed by atoms with E-state index in [1.807, 2.05) is 0 Å². The Labute approximate surface area is 66.1 Å². The molecule has 9 heavy (non-hydrogen) atoms. The van der Waals surface area contributed by atoms with Crippen molar-refractivity contribution in [3.05, 3.63) is 0 Å². The van der Waals surface area contributed by atoms with Crippen molar-refractivity contribution in [1.82, 2.24) is 0 Å². The van der Waals surface area contributed by atoms with E-state index in [2.05, 4.69) is 4.52 Å². The summed E-state index contributed by atoms with van der Waals surface area (Å²) in [5, 5.41) is 0. The maximum absolute atomic E-state index is 10.4. The second kappa shape index (κ2) is 4.49. The van der Waals surface area contributed by atoms with Gasteiger partial charge in [0.05, 0.1) is 6.10 Å². The van der Waals surface area contributed by atoms with E-state index in [1.54, 1.807) is 13.8 Å². The predicted molar refractivity (Wildman–Crippen MR) is 32.0 cm³/mol. The summed E-state index contributed by atoms with van der Waals surface area (Å²) in [4.78, 5) is 8.52. The molecule has 0 aromatic rings. The molecule has 0 spiro atoms. The first-order chi connectivity index (χ1) is 3.42. The monoisotopic (exact) mass is 190 g/mol. The van der Waals surface area contributed by atoms with Gasteiger partial charge in [-0.15, -0.1) is 0 Å². The van der Waals surface area contributed by atoms with Crippen molar-refractivity contribution in [2.45, 2.75) is 20.0 Å². The maximum Gasteiger partial charge on any atom is 0.325 e. The van der Waals surface area contributed by atoms with Gasteiger partial charge >= 0.3 is 7.60 Å². The summed E-state index contributed by atoms with van der Waals surface area (Å²) in [6.07, 6.45) is -0.171. The van der Waals surface area contributed by atoms with Gasteiger partial charge in [0.15, 0.2) is 0 Å². The van der Waals surface area contributed by atoms with Crippen LogP contribution in [0.25, 0.3) is 0 Å². The quantitative estimate of drug-likeness (QED) is 0.666. The van der Waals surface area contributed by atoms with Crippen molar-refractivity contribution >= 4 is 7.60 Å². The molecule has 56 valence electrons. The first kappa shape index (κ1) is 12.4. The van der Waals surface area contributed by atoms with Crippen LogP contribution >= 0.6 is 7.60 Å². The summed E-state index contributed by atoms with van der Waals surface area (Å²) in [5.41, 5.74) is 0. The van der Waals surface area contributed by atoms with Crippen LogP contribution in [0, 0.1) is 0 Å². The SMILES string of the molecule is CC(C)OP(C)(=O)O.[Cr]. The molecule has 1 atom stereocenters. The fourth-order valence-electron chi connectivity index (χ4n) is 0.391. The third kappa shape index (κ3) is 12.0.